The summed E-state index contributed by atoms with van der Waals surface area (Å²) in [6, 6.07) is 10.5. The van der Waals surface area contributed by atoms with Crippen LogP contribution < -0.4 is 0 Å². The average Bonchev–Trinajstić information content (AvgIpc) is 2.37. The number of carbonyl (C=O) groups is 1. The summed E-state index contributed by atoms with van der Waals surface area (Å²) < 4.78 is 38.6. The highest BCUT2D eigenvalue weighted by atomic mass is 19.4. The molecular formula is C14H9F3O2. The molecule has 2 aromatic rings. The van der Waals surface area contributed by atoms with E-state index in [4.69, 9.17) is 0 Å². The van der Waals surface area contributed by atoms with E-state index in [0.29, 0.717) is 5.56 Å². The Morgan fingerprint density at radius 3 is 2.16 bits per heavy atom. The van der Waals surface area contributed by atoms with E-state index in [-0.39, 0.29) is 11.8 Å². The molecule has 1 N–H and O–H groups in total. The Kier molecular flexibility index (Phi) is 3.29. The molecule has 0 aromatic heterocycles. The fraction of sp³-hybridized carbons (Fsp3) is 0.0714. The summed E-state index contributed by atoms with van der Waals surface area (Å²) in [6.07, 6.45) is -4.67. The summed E-state index contributed by atoms with van der Waals surface area (Å²) in [5.74, 6) is -0.950. The van der Waals surface area contributed by atoms with E-state index in [9.17, 15) is 23.1 Å². The lowest BCUT2D eigenvalue weighted by Crippen LogP contribution is -2.10. The lowest BCUT2D eigenvalue weighted by atomic mass is 9.95. The molecule has 0 unspecified atom stereocenters. The molecule has 19 heavy (non-hydrogen) atoms. The third-order valence-electron chi connectivity index (χ3n) is 2.71. The van der Waals surface area contributed by atoms with Crippen molar-refractivity contribution in [1.29, 1.82) is 0 Å². The second-order valence-corrected chi connectivity index (χ2v) is 3.90. The minimum Gasteiger partial charge on any atom is -0.507 e. The molecule has 0 saturated carbocycles. The number of rotatable bonds is 2. The average molecular weight is 266 g/mol. The molecule has 0 aliphatic carbocycles. The number of hydrogen-bond acceptors (Lipinski definition) is 2. The minimum atomic E-state index is -4.79. The van der Waals surface area contributed by atoms with Crippen LogP contribution in [0, 0.1) is 0 Å². The zero-order valence-corrected chi connectivity index (χ0v) is 9.61. The van der Waals surface area contributed by atoms with Crippen LogP contribution in [0.15, 0.2) is 42.5 Å². The first kappa shape index (κ1) is 13.1. The zero-order chi connectivity index (χ0) is 14.0. The van der Waals surface area contributed by atoms with Crippen LogP contribution in [0.1, 0.15) is 15.9 Å². The maximum absolute atomic E-state index is 12.9. The summed E-state index contributed by atoms with van der Waals surface area (Å²) in [7, 11) is 0. The van der Waals surface area contributed by atoms with Gasteiger partial charge in [0, 0.05) is 5.56 Å². The summed E-state index contributed by atoms with van der Waals surface area (Å²) in [4.78, 5) is 11.0. The number of aldehydes is 1. The van der Waals surface area contributed by atoms with Gasteiger partial charge in [0.25, 0.3) is 0 Å². The molecule has 0 heterocycles. The van der Waals surface area contributed by atoms with Gasteiger partial charge in [-0.15, -0.1) is 0 Å². The molecule has 2 nitrogen and oxygen atoms in total. The lowest BCUT2D eigenvalue weighted by Gasteiger charge is -2.14. The van der Waals surface area contributed by atoms with Gasteiger partial charge in [-0.2, -0.15) is 13.2 Å². The molecule has 98 valence electrons. The fourth-order valence-electron chi connectivity index (χ4n) is 1.90. The molecule has 0 bridgehead atoms. The number of benzene rings is 2. The van der Waals surface area contributed by atoms with Crippen LogP contribution in [0.3, 0.4) is 0 Å². The van der Waals surface area contributed by atoms with Gasteiger partial charge in [0.2, 0.25) is 0 Å². The van der Waals surface area contributed by atoms with Crippen molar-refractivity contribution < 1.29 is 23.1 Å². The highest BCUT2D eigenvalue weighted by Crippen LogP contribution is 2.41. The first-order valence-electron chi connectivity index (χ1n) is 5.39. The summed E-state index contributed by atoms with van der Waals surface area (Å²) in [5.41, 5.74) is -1.24. The van der Waals surface area contributed by atoms with Crippen molar-refractivity contribution in [2.45, 2.75) is 6.18 Å². The Labute approximate surface area is 107 Å². The van der Waals surface area contributed by atoms with Crippen LogP contribution in [-0.4, -0.2) is 11.4 Å². The first-order valence-corrected chi connectivity index (χ1v) is 5.39. The van der Waals surface area contributed by atoms with Crippen LogP contribution in [0.4, 0.5) is 13.2 Å². The molecule has 0 spiro atoms. The van der Waals surface area contributed by atoms with Crippen LogP contribution in [0.2, 0.25) is 0 Å². The topological polar surface area (TPSA) is 37.3 Å². The van der Waals surface area contributed by atoms with E-state index in [1.165, 1.54) is 6.07 Å². The highest BCUT2D eigenvalue weighted by Gasteiger charge is 2.37. The molecule has 0 atom stereocenters. The maximum atomic E-state index is 12.9. The number of phenols is 1. The second-order valence-electron chi connectivity index (χ2n) is 3.90. The van der Waals surface area contributed by atoms with E-state index in [1.54, 1.807) is 30.3 Å². The third-order valence-corrected chi connectivity index (χ3v) is 2.71. The van der Waals surface area contributed by atoms with Gasteiger partial charge < -0.3 is 5.11 Å². The number of hydrogen-bond donors (Lipinski definition) is 1. The Hall–Kier alpha value is -2.30. The van der Waals surface area contributed by atoms with Gasteiger partial charge in [0.15, 0.2) is 6.29 Å². The molecule has 0 amide bonds. The minimum absolute atomic E-state index is 0.116. The van der Waals surface area contributed by atoms with Crippen LogP contribution in [0.25, 0.3) is 11.1 Å². The standard InChI is InChI=1S/C14H9F3O2/c15-14(16,17)13-11(8-18)10(6-7-12(13)19)9-4-2-1-3-5-9/h1-8,19H. The van der Waals surface area contributed by atoms with Crippen molar-refractivity contribution in [2.75, 3.05) is 0 Å². The van der Waals surface area contributed by atoms with Gasteiger partial charge in [-0.25, -0.2) is 0 Å². The van der Waals surface area contributed by atoms with Crippen molar-refractivity contribution in [1.82, 2.24) is 0 Å². The third kappa shape index (κ3) is 2.45. The van der Waals surface area contributed by atoms with Crippen LogP contribution >= 0.6 is 0 Å². The molecule has 0 saturated heterocycles. The Bertz CT molecular complexity index is 604. The second kappa shape index (κ2) is 4.76. The van der Waals surface area contributed by atoms with Crippen molar-refractivity contribution >= 4 is 6.29 Å². The number of carbonyl (C=O) groups excluding carboxylic acids is 1. The van der Waals surface area contributed by atoms with Crippen molar-refractivity contribution in [2.24, 2.45) is 0 Å². The van der Waals surface area contributed by atoms with Gasteiger partial charge in [0.1, 0.15) is 11.3 Å². The quantitative estimate of drug-likeness (QED) is 0.837. The molecule has 0 fully saturated rings. The van der Waals surface area contributed by atoms with Gasteiger partial charge in [-0.3, -0.25) is 4.79 Å². The first-order chi connectivity index (χ1) is 8.95. The molecule has 2 aromatic carbocycles. The molecule has 5 heteroatoms. The monoisotopic (exact) mass is 266 g/mol. The van der Waals surface area contributed by atoms with E-state index in [1.807, 2.05) is 0 Å². The number of aromatic hydroxyl groups is 1. The molecule has 0 aliphatic heterocycles. The normalized spacial score (nSPS) is 11.3. The van der Waals surface area contributed by atoms with Crippen molar-refractivity contribution in [3.05, 3.63) is 53.6 Å². The Morgan fingerprint density at radius 1 is 1.00 bits per heavy atom. The van der Waals surface area contributed by atoms with E-state index >= 15 is 0 Å². The van der Waals surface area contributed by atoms with Gasteiger partial charge in [0.05, 0.1) is 0 Å². The van der Waals surface area contributed by atoms with Gasteiger partial charge in [-0.1, -0.05) is 30.3 Å². The van der Waals surface area contributed by atoms with Crippen LogP contribution in [0.5, 0.6) is 5.75 Å². The SMILES string of the molecule is O=Cc1c(-c2ccccc2)ccc(O)c1C(F)(F)F. The van der Waals surface area contributed by atoms with E-state index in [0.717, 1.165) is 6.07 Å². The largest absolute Gasteiger partial charge is 0.507 e. The smallest absolute Gasteiger partial charge is 0.420 e. The molecule has 0 aliphatic rings. The predicted octanol–water partition coefficient (Wildman–Crippen LogP) is 3.89. The predicted molar refractivity (Wildman–Crippen MR) is 63.9 cm³/mol. The Balaban J connectivity index is 2.75. The fourth-order valence-corrected chi connectivity index (χ4v) is 1.90. The zero-order valence-electron chi connectivity index (χ0n) is 9.61. The lowest BCUT2D eigenvalue weighted by molar-refractivity contribution is -0.139. The van der Waals surface area contributed by atoms with Crippen LogP contribution in [-0.2, 0) is 6.18 Å². The van der Waals surface area contributed by atoms with Gasteiger partial charge in [-0.05, 0) is 23.3 Å². The van der Waals surface area contributed by atoms with Crippen molar-refractivity contribution in [3.63, 3.8) is 0 Å². The summed E-state index contributed by atoms with van der Waals surface area (Å²) >= 11 is 0. The van der Waals surface area contributed by atoms with Crippen molar-refractivity contribution in [3.8, 4) is 16.9 Å². The molecule has 0 radical (unpaired) electrons. The maximum Gasteiger partial charge on any atom is 0.420 e. The Morgan fingerprint density at radius 2 is 1.63 bits per heavy atom. The van der Waals surface area contributed by atoms with Gasteiger partial charge >= 0.3 is 6.18 Å². The number of phenolic OH excluding ortho intramolecular Hbond substituents is 1. The number of alkyl halides is 3. The molecular weight excluding hydrogens is 257 g/mol. The van der Waals surface area contributed by atoms with E-state index in [2.05, 4.69) is 0 Å². The summed E-state index contributed by atoms with van der Waals surface area (Å²) in [5, 5.41) is 9.35. The highest BCUT2D eigenvalue weighted by molar-refractivity contribution is 5.90. The number of halogens is 3. The van der Waals surface area contributed by atoms with E-state index < -0.39 is 23.1 Å². The molecule has 2 rings (SSSR count). The summed E-state index contributed by atoms with van der Waals surface area (Å²) in [6.45, 7) is 0.